The van der Waals surface area contributed by atoms with Gasteiger partial charge >= 0.3 is 5.97 Å². The molecule has 0 amide bonds. The summed E-state index contributed by atoms with van der Waals surface area (Å²) in [6.45, 7) is 5.88. The van der Waals surface area contributed by atoms with Crippen LogP contribution in [0.25, 0.3) is 5.69 Å². The van der Waals surface area contributed by atoms with Crippen molar-refractivity contribution in [2.45, 2.75) is 20.8 Å². The molecule has 0 bridgehead atoms. The lowest BCUT2D eigenvalue weighted by Crippen LogP contribution is -2.04. The predicted molar refractivity (Wildman–Crippen MR) is 62.5 cm³/mol. The van der Waals surface area contributed by atoms with Gasteiger partial charge in [-0.15, -0.1) is 0 Å². The van der Waals surface area contributed by atoms with Crippen molar-refractivity contribution in [2.75, 3.05) is 0 Å². The first-order valence-corrected chi connectivity index (χ1v) is 5.23. The maximum atomic E-state index is 10.8. The van der Waals surface area contributed by atoms with Crippen LogP contribution in [-0.2, 0) is 0 Å². The van der Waals surface area contributed by atoms with E-state index in [1.54, 1.807) is 10.7 Å². The maximum Gasteiger partial charge on any atom is 0.354 e. The topological polar surface area (TPSA) is 68.0 Å². The number of hydrogen-bond donors (Lipinski definition) is 1. The van der Waals surface area contributed by atoms with Crippen LogP contribution in [0.3, 0.4) is 0 Å². The number of aromatic nitrogens is 3. The molecule has 2 rings (SSSR count). The van der Waals surface area contributed by atoms with Crippen molar-refractivity contribution in [3.8, 4) is 5.69 Å². The van der Waals surface area contributed by atoms with Gasteiger partial charge < -0.3 is 5.11 Å². The Morgan fingerprint density at radius 2 is 2.06 bits per heavy atom. The lowest BCUT2D eigenvalue weighted by atomic mass is 10.2. The second kappa shape index (κ2) is 4.01. The number of carboxylic acids is 1. The van der Waals surface area contributed by atoms with Crippen LogP contribution in [0.4, 0.5) is 0 Å². The van der Waals surface area contributed by atoms with Gasteiger partial charge in [0, 0.05) is 11.9 Å². The number of carboxylic acid groups (broad SMARTS) is 1. The summed E-state index contributed by atoms with van der Waals surface area (Å²) in [4.78, 5) is 14.6. The van der Waals surface area contributed by atoms with Crippen molar-refractivity contribution in [3.63, 3.8) is 0 Å². The lowest BCUT2D eigenvalue weighted by molar-refractivity contribution is 0.0690. The molecule has 1 N–H and O–H groups in total. The largest absolute Gasteiger partial charge is 0.477 e. The number of pyridine rings is 1. The lowest BCUT2D eigenvalue weighted by Gasteiger charge is -2.04. The van der Waals surface area contributed by atoms with Crippen LogP contribution >= 0.6 is 0 Å². The Balaban J connectivity index is 2.56. The Morgan fingerprint density at radius 3 is 2.59 bits per heavy atom. The molecule has 0 aliphatic carbocycles. The van der Waals surface area contributed by atoms with Gasteiger partial charge in [0.05, 0.1) is 11.4 Å². The molecule has 0 saturated heterocycles. The highest BCUT2D eigenvalue weighted by Gasteiger charge is 2.11. The summed E-state index contributed by atoms with van der Waals surface area (Å²) in [5.74, 6) is -1.04. The fraction of sp³-hybridized carbons (Fsp3) is 0.250. The fourth-order valence-corrected chi connectivity index (χ4v) is 1.64. The van der Waals surface area contributed by atoms with E-state index in [2.05, 4.69) is 10.1 Å². The summed E-state index contributed by atoms with van der Waals surface area (Å²) in [6.07, 6.45) is 1.48. The summed E-state index contributed by atoms with van der Waals surface area (Å²) in [5, 5.41) is 13.3. The Morgan fingerprint density at radius 1 is 1.35 bits per heavy atom. The average molecular weight is 231 g/mol. The zero-order chi connectivity index (χ0) is 12.6. The number of aromatic carboxylic acids is 1. The molecule has 0 saturated carbocycles. The van der Waals surface area contributed by atoms with E-state index in [0.29, 0.717) is 5.69 Å². The van der Waals surface area contributed by atoms with E-state index in [4.69, 9.17) is 5.11 Å². The van der Waals surface area contributed by atoms with Gasteiger partial charge in [-0.3, -0.25) is 0 Å². The van der Waals surface area contributed by atoms with E-state index in [1.807, 2.05) is 20.8 Å². The predicted octanol–water partition coefficient (Wildman–Crippen LogP) is 1.89. The SMILES string of the molecule is Cc1nn(-c2ccnc(C(=O)O)c2)c(C)c1C. The summed E-state index contributed by atoms with van der Waals surface area (Å²) < 4.78 is 1.73. The zero-order valence-corrected chi connectivity index (χ0v) is 9.93. The van der Waals surface area contributed by atoms with Crippen molar-refractivity contribution in [2.24, 2.45) is 0 Å². The second-order valence-corrected chi connectivity index (χ2v) is 3.91. The molecule has 88 valence electrons. The molecule has 2 heterocycles. The van der Waals surface area contributed by atoms with Gasteiger partial charge in [-0.25, -0.2) is 14.5 Å². The zero-order valence-electron chi connectivity index (χ0n) is 9.93. The molecule has 0 aromatic carbocycles. The van der Waals surface area contributed by atoms with Crippen LogP contribution in [0.2, 0.25) is 0 Å². The minimum atomic E-state index is -1.04. The number of carbonyl (C=O) groups is 1. The quantitative estimate of drug-likeness (QED) is 0.857. The summed E-state index contributed by atoms with van der Waals surface area (Å²) in [7, 11) is 0. The van der Waals surface area contributed by atoms with Crippen molar-refractivity contribution in [1.29, 1.82) is 0 Å². The minimum absolute atomic E-state index is 0.0210. The Bertz CT molecular complexity index is 587. The van der Waals surface area contributed by atoms with Gasteiger partial charge in [-0.1, -0.05) is 0 Å². The first-order valence-electron chi connectivity index (χ1n) is 5.23. The molecule has 0 unspecified atom stereocenters. The highest BCUT2D eigenvalue weighted by atomic mass is 16.4. The highest BCUT2D eigenvalue weighted by Crippen LogP contribution is 2.16. The Hall–Kier alpha value is -2.17. The number of hydrogen-bond acceptors (Lipinski definition) is 3. The van der Waals surface area contributed by atoms with Gasteiger partial charge in [0.15, 0.2) is 0 Å². The van der Waals surface area contributed by atoms with Crippen molar-refractivity contribution >= 4 is 5.97 Å². The third-order valence-corrected chi connectivity index (χ3v) is 2.86. The standard InChI is InChI=1S/C12H13N3O2/c1-7-8(2)14-15(9(7)3)10-4-5-13-11(6-10)12(16)17/h4-6H,1-3H3,(H,16,17). The van der Waals surface area contributed by atoms with Crippen LogP contribution in [0.1, 0.15) is 27.4 Å². The van der Waals surface area contributed by atoms with E-state index in [1.165, 1.54) is 12.3 Å². The van der Waals surface area contributed by atoms with Crippen LogP contribution in [0, 0.1) is 20.8 Å². The van der Waals surface area contributed by atoms with Crippen LogP contribution < -0.4 is 0 Å². The third kappa shape index (κ3) is 1.91. The van der Waals surface area contributed by atoms with Gasteiger partial charge in [-0.05, 0) is 38.5 Å². The van der Waals surface area contributed by atoms with Crippen LogP contribution in [0.15, 0.2) is 18.3 Å². The van der Waals surface area contributed by atoms with E-state index >= 15 is 0 Å². The van der Waals surface area contributed by atoms with Gasteiger partial charge in [0.2, 0.25) is 0 Å². The number of nitrogens with zero attached hydrogens (tertiary/aromatic N) is 3. The molecular weight excluding hydrogens is 218 g/mol. The molecule has 2 aromatic heterocycles. The first kappa shape index (κ1) is 11.3. The smallest absolute Gasteiger partial charge is 0.354 e. The summed E-state index contributed by atoms with van der Waals surface area (Å²) in [6, 6.07) is 3.26. The Labute approximate surface area is 98.7 Å². The van der Waals surface area contributed by atoms with Crippen molar-refractivity contribution < 1.29 is 9.90 Å². The summed E-state index contributed by atoms with van der Waals surface area (Å²) >= 11 is 0. The molecule has 0 aliphatic rings. The van der Waals surface area contributed by atoms with Gasteiger partial charge in [-0.2, -0.15) is 5.10 Å². The van der Waals surface area contributed by atoms with E-state index in [-0.39, 0.29) is 5.69 Å². The van der Waals surface area contributed by atoms with Gasteiger partial charge in [0.1, 0.15) is 5.69 Å². The van der Waals surface area contributed by atoms with E-state index in [0.717, 1.165) is 17.0 Å². The molecule has 0 aliphatic heterocycles. The van der Waals surface area contributed by atoms with Crippen LogP contribution in [0.5, 0.6) is 0 Å². The Kier molecular flexibility index (Phi) is 2.67. The monoisotopic (exact) mass is 231 g/mol. The van der Waals surface area contributed by atoms with Gasteiger partial charge in [0.25, 0.3) is 0 Å². The van der Waals surface area contributed by atoms with E-state index in [9.17, 15) is 4.79 Å². The number of rotatable bonds is 2. The van der Waals surface area contributed by atoms with Crippen molar-refractivity contribution in [1.82, 2.24) is 14.8 Å². The third-order valence-electron chi connectivity index (χ3n) is 2.86. The molecule has 0 spiro atoms. The molecule has 0 radical (unpaired) electrons. The first-order chi connectivity index (χ1) is 8.00. The fourth-order valence-electron chi connectivity index (χ4n) is 1.64. The summed E-state index contributed by atoms with van der Waals surface area (Å²) in [5.41, 5.74) is 3.79. The molecule has 0 fully saturated rings. The average Bonchev–Trinajstić information content (AvgIpc) is 2.57. The normalized spacial score (nSPS) is 10.5. The molecular formula is C12H13N3O2. The van der Waals surface area contributed by atoms with Crippen LogP contribution in [-0.4, -0.2) is 25.8 Å². The molecule has 17 heavy (non-hydrogen) atoms. The number of aryl methyl sites for hydroxylation is 1. The highest BCUT2D eigenvalue weighted by molar-refractivity contribution is 5.85. The molecule has 5 heteroatoms. The molecule has 5 nitrogen and oxygen atoms in total. The van der Waals surface area contributed by atoms with E-state index < -0.39 is 5.97 Å². The van der Waals surface area contributed by atoms with Crippen molar-refractivity contribution in [3.05, 3.63) is 41.0 Å². The minimum Gasteiger partial charge on any atom is -0.477 e. The molecule has 2 aromatic rings. The maximum absolute atomic E-state index is 10.8. The molecule has 0 atom stereocenters. The second-order valence-electron chi connectivity index (χ2n) is 3.91.